The Hall–Kier alpha value is -1.40. The van der Waals surface area contributed by atoms with Crippen LogP contribution in [0.4, 0.5) is 0 Å². The Bertz CT molecular complexity index is 538. The highest BCUT2D eigenvalue weighted by molar-refractivity contribution is 7.09. The first-order valence-electron chi connectivity index (χ1n) is 9.02. The third kappa shape index (κ3) is 4.80. The molecule has 0 unspecified atom stereocenters. The van der Waals surface area contributed by atoms with E-state index in [-0.39, 0.29) is 11.8 Å². The van der Waals surface area contributed by atoms with Crippen LogP contribution in [0, 0.1) is 0 Å². The molecule has 0 aromatic carbocycles. The van der Waals surface area contributed by atoms with E-state index >= 15 is 0 Å². The minimum absolute atomic E-state index is 0.197. The van der Waals surface area contributed by atoms with E-state index in [0.29, 0.717) is 19.4 Å². The number of likely N-dealkylation sites (tertiary alicyclic amines) is 1. The first-order valence-corrected chi connectivity index (χ1v) is 9.90. The summed E-state index contributed by atoms with van der Waals surface area (Å²) in [4.78, 5) is 32.1. The minimum Gasteiger partial charge on any atom is -0.342 e. The number of amides is 2. The summed E-state index contributed by atoms with van der Waals surface area (Å²) in [6.45, 7) is 5.88. The van der Waals surface area contributed by atoms with Crippen LogP contribution in [-0.2, 0) is 16.1 Å². The van der Waals surface area contributed by atoms with Gasteiger partial charge in [-0.1, -0.05) is 12.5 Å². The van der Waals surface area contributed by atoms with Crippen molar-refractivity contribution in [2.45, 2.75) is 38.6 Å². The van der Waals surface area contributed by atoms with Gasteiger partial charge in [0, 0.05) is 63.5 Å². The molecule has 1 aromatic heterocycles. The summed E-state index contributed by atoms with van der Waals surface area (Å²) in [5.74, 6) is 0.420. The van der Waals surface area contributed by atoms with E-state index in [1.165, 1.54) is 4.88 Å². The number of nitrogens with zero attached hydrogens (tertiary/aromatic N) is 3. The zero-order chi connectivity index (χ0) is 16.8. The topological polar surface area (TPSA) is 43.9 Å². The van der Waals surface area contributed by atoms with Gasteiger partial charge < -0.3 is 9.80 Å². The molecule has 1 aromatic rings. The van der Waals surface area contributed by atoms with Crippen LogP contribution < -0.4 is 0 Å². The number of hydrogen-bond acceptors (Lipinski definition) is 4. The maximum atomic E-state index is 12.4. The van der Waals surface area contributed by atoms with Crippen molar-refractivity contribution in [2.75, 3.05) is 39.3 Å². The fourth-order valence-corrected chi connectivity index (χ4v) is 4.19. The van der Waals surface area contributed by atoms with Crippen LogP contribution >= 0.6 is 11.3 Å². The quantitative estimate of drug-likeness (QED) is 0.818. The predicted octanol–water partition coefficient (Wildman–Crippen LogP) is 2.18. The monoisotopic (exact) mass is 349 g/mol. The van der Waals surface area contributed by atoms with E-state index in [9.17, 15) is 9.59 Å². The Balaban J connectivity index is 1.39. The van der Waals surface area contributed by atoms with Crippen molar-refractivity contribution in [3.63, 3.8) is 0 Å². The second-order valence-corrected chi connectivity index (χ2v) is 7.71. The van der Waals surface area contributed by atoms with E-state index in [0.717, 1.165) is 58.5 Å². The molecule has 0 N–H and O–H groups in total. The molecule has 2 fully saturated rings. The van der Waals surface area contributed by atoms with Crippen LogP contribution in [0.15, 0.2) is 17.5 Å². The Labute approximate surface area is 148 Å². The van der Waals surface area contributed by atoms with Crippen LogP contribution in [0.1, 0.15) is 37.0 Å². The van der Waals surface area contributed by atoms with Crippen LogP contribution in [0.5, 0.6) is 0 Å². The van der Waals surface area contributed by atoms with Crippen LogP contribution in [-0.4, -0.2) is 65.8 Å². The van der Waals surface area contributed by atoms with E-state index in [1.807, 2.05) is 9.80 Å². The summed E-state index contributed by atoms with van der Waals surface area (Å²) in [5, 5.41) is 2.11. The van der Waals surface area contributed by atoms with Gasteiger partial charge >= 0.3 is 0 Å². The maximum absolute atomic E-state index is 12.4. The standard InChI is InChI=1S/C18H27N3O2S/c22-17-6-2-1-3-8-20(17)9-7-18(23)21-12-10-19(11-13-21)15-16-5-4-14-24-16/h4-5,14H,1-3,6-13,15H2. The predicted molar refractivity (Wildman–Crippen MR) is 95.8 cm³/mol. The Kier molecular flexibility index (Phi) is 6.26. The molecule has 0 saturated carbocycles. The van der Waals surface area contributed by atoms with Crippen LogP contribution in [0.3, 0.4) is 0 Å². The van der Waals surface area contributed by atoms with Crippen molar-refractivity contribution in [1.29, 1.82) is 0 Å². The number of thiophene rings is 1. The molecular weight excluding hydrogens is 322 g/mol. The maximum Gasteiger partial charge on any atom is 0.224 e. The number of carbonyl (C=O) groups is 2. The molecule has 0 radical (unpaired) electrons. The summed E-state index contributed by atoms with van der Waals surface area (Å²) in [5.41, 5.74) is 0. The highest BCUT2D eigenvalue weighted by Crippen LogP contribution is 2.15. The van der Waals surface area contributed by atoms with Crippen molar-refractivity contribution in [3.05, 3.63) is 22.4 Å². The molecule has 2 saturated heterocycles. The number of piperazine rings is 1. The average molecular weight is 350 g/mol. The molecule has 3 rings (SSSR count). The number of carbonyl (C=O) groups excluding carboxylic acids is 2. The van der Waals surface area contributed by atoms with Crippen molar-refractivity contribution in [1.82, 2.24) is 14.7 Å². The van der Waals surface area contributed by atoms with Crippen LogP contribution in [0.25, 0.3) is 0 Å². The summed E-state index contributed by atoms with van der Waals surface area (Å²) >= 11 is 1.79. The highest BCUT2D eigenvalue weighted by atomic mass is 32.1. The lowest BCUT2D eigenvalue weighted by Gasteiger charge is -2.35. The average Bonchev–Trinajstić information content (AvgIpc) is 3.01. The number of rotatable bonds is 5. The van der Waals surface area contributed by atoms with Gasteiger partial charge in [-0.15, -0.1) is 11.3 Å². The van der Waals surface area contributed by atoms with E-state index < -0.39 is 0 Å². The van der Waals surface area contributed by atoms with Gasteiger partial charge in [0.05, 0.1) is 0 Å². The van der Waals surface area contributed by atoms with Gasteiger partial charge in [-0.05, 0) is 24.3 Å². The Morgan fingerprint density at radius 2 is 1.92 bits per heavy atom. The molecule has 0 bridgehead atoms. The molecule has 2 aliphatic rings. The summed E-state index contributed by atoms with van der Waals surface area (Å²) in [7, 11) is 0. The van der Waals surface area contributed by atoms with E-state index in [1.54, 1.807) is 11.3 Å². The van der Waals surface area contributed by atoms with Crippen molar-refractivity contribution in [3.8, 4) is 0 Å². The summed E-state index contributed by atoms with van der Waals surface area (Å²) < 4.78 is 0. The Morgan fingerprint density at radius 1 is 1.08 bits per heavy atom. The first-order chi connectivity index (χ1) is 11.7. The third-order valence-electron chi connectivity index (χ3n) is 4.95. The lowest BCUT2D eigenvalue weighted by molar-refractivity contribution is -0.135. The zero-order valence-electron chi connectivity index (χ0n) is 14.3. The molecule has 2 amide bonds. The second kappa shape index (κ2) is 8.62. The van der Waals surface area contributed by atoms with Crippen molar-refractivity contribution in [2.24, 2.45) is 0 Å². The molecule has 5 nitrogen and oxygen atoms in total. The smallest absolute Gasteiger partial charge is 0.224 e. The van der Waals surface area contributed by atoms with Gasteiger partial charge in [-0.25, -0.2) is 0 Å². The molecule has 0 aliphatic carbocycles. The molecular formula is C18H27N3O2S. The third-order valence-corrected chi connectivity index (χ3v) is 5.81. The first kappa shape index (κ1) is 17.4. The summed E-state index contributed by atoms with van der Waals surface area (Å²) in [6, 6.07) is 4.25. The van der Waals surface area contributed by atoms with Crippen LogP contribution in [0.2, 0.25) is 0 Å². The van der Waals surface area contributed by atoms with Crippen molar-refractivity contribution < 1.29 is 9.59 Å². The molecule has 132 valence electrons. The lowest BCUT2D eigenvalue weighted by Crippen LogP contribution is -2.48. The van der Waals surface area contributed by atoms with Gasteiger partial charge in [-0.2, -0.15) is 0 Å². The van der Waals surface area contributed by atoms with Gasteiger partial charge in [0.1, 0.15) is 0 Å². The molecule has 2 aliphatic heterocycles. The van der Waals surface area contributed by atoms with Gasteiger partial charge in [-0.3, -0.25) is 14.5 Å². The largest absolute Gasteiger partial charge is 0.342 e. The van der Waals surface area contributed by atoms with Gasteiger partial charge in [0.2, 0.25) is 11.8 Å². The fraction of sp³-hybridized carbons (Fsp3) is 0.667. The molecule has 0 atom stereocenters. The molecule has 0 spiro atoms. The van der Waals surface area contributed by atoms with Gasteiger partial charge in [0.25, 0.3) is 0 Å². The molecule has 3 heterocycles. The van der Waals surface area contributed by atoms with E-state index in [4.69, 9.17) is 0 Å². The molecule has 24 heavy (non-hydrogen) atoms. The highest BCUT2D eigenvalue weighted by Gasteiger charge is 2.23. The lowest BCUT2D eigenvalue weighted by atomic mass is 10.2. The summed E-state index contributed by atoms with van der Waals surface area (Å²) in [6.07, 6.45) is 4.31. The minimum atomic E-state index is 0.197. The second-order valence-electron chi connectivity index (χ2n) is 6.68. The fourth-order valence-electron chi connectivity index (χ4n) is 3.44. The number of hydrogen-bond donors (Lipinski definition) is 0. The van der Waals surface area contributed by atoms with E-state index in [2.05, 4.69) is 22.4 Å². The SMILES string of the molecule is O=C1CCCCCN1CCC(=O)N1CCN(Cc2cccs2)CC1. The molecule has 6 heteroatoms. The zero-order valence-corrected chi connectivity index (χ0v) is 15.1. The Morgan fingerprint density at radius 3 is 2.67 bits per heavy atom. The van der Waals surface area contributed by atoms with Gasteiger partial charge in [0.15, 0.2) is 0 Å². The van der Waals surface area contributed by atoms with Crippen molar-refractivity contribution >= 4 is 23.2 Å². The normalized spacial score (nSPS) is 20.2.